The minimum Gasteiger partial charge on any atom is -0.354 e. The largest absolute Gasteiger partial charge is 0.433 e. The molecule has 0 bridgehead atoms. The number of rotatable bonds is 3. The van der Waals surface area contributed by atoms with Gasteiger partial charge < -0.3 is 10.2 Å². The second-order valence-corrected chi connectivity index (χ2v) is 6.86. The molecule has 1 aromatic rings. The number of pyridine rings is 1. The van der Waals surface area contributed by atoms with Gasteiger partial charge in [-0.15, -0.1) is 0 Å². The quantitative estimate of drug-likeness (QED) is 0.906. The van der Waals surface area contributed by atoms with Crippen LogP contribution in [0.4, 0.5) is 13.2 Å². The normalized spacial score (nSPS) is 26.2. The number of amides is 2. The number of alkyl halides is 3. The Bertz CT molecular complexity index is 671. The highest BCUT2D eigenvalue weighted by Crippen LogP contribution is 2.39. The first-order valence-corrected chi connectivity index (χ1v) is 8.33. The zero-order chi connectivity index (χ0) is 18.2. The van der Waals surface area contributed by atoms with E-state index >= 15 is 0 Å². The van der Waals surface area contributed by atoms with Crippen LogP contribution < -0.4 is 5.32 Å². The molecular formula is C17H20F3N3O2. The molecule has 1 atom stereocenters. The summed E-state index contributed by atoms with van der Waals surface area (Å²) >= 11 is 0. The third-order valence-electron chi connectivity index (χ3n) is 5.06. The molecule has 0 spiro atoms. The number of nitrogens with one attached hydrogen (secondary N) is 1. The van der Waals surface area contributed by atoms with Crippen molar-refractivity contribution in [2.75, 3.05) is 13.1 Å². The van der Waals surface area contributed by atoms with Crippen molar-refractivity contribution < 1.29 is 22.8 Å². The van der Waals surface area contributed by atoms with Crippen molar-refractivity contribution in [1.82, 2.24) is 15.2 Å². The molecule has 8 heteroatoms. The monoisotopic (exact) mass is 355 g/mol. The number of carbonyl (C=O) groups excluding carboxylic acids is 2. The molecule has 1 aliphatic heterocycles. The van der Waals surface area contributed by atoms with Crippen molar-refractivity contribution in [2.24, 2.45) is 11.8 Å². The maximum Gasteiger partial charge on any atom is 0.433 e. The molecule has 1 aliphatic carbocycles. The van der Waals surface area contributed by atoms with Crippen LogP contribution in [0.1, 0.15) is 42.2 Å². The fourth-order valence-electron chi connectivity index (χ4n) is 3.71. The number of likely N-dealkylation sites (tertiary alicyclic amines) is 1. The van der Waals surface area contributed by atoms with Crippen LogP contribution in [0.2, 0.25) is 0 Å². The van der Waals surface area contributed by atoms with E-state index in [1.807, 2.05) is 0 Å². The molecule has 3 rings (SSSR count). The Morgan fingerprint density at radius 1 is 1.28 bits per heavy atom. The topological polar surface area (TPSA) is 62.3 Å². The summed E-state index contributed by atoms with van der Waals surface area (Å²) in [4.78, 5) is 28.4. The summed E-state index contributed by atoms with van der Waals surface area (Å²) in [6.45, 7) is 2.60. The smallest absolute Gasteiger partial charge is 0.354 e. The van der Waals surface area contributed by atoms with Gasteiger partial charge in [0.25, 0.3) is 5.91 Å². The number of carbonyl (C=O) groups is 2. The molecule has 2 aliphatic rings. The molecule has 2 fully saturated rings. The lowest BCUT2D eigenvalue weighted by molar-refractivity contribution is -0.141. The maximum absolute atomic E-state index is 12.7. The summed E-state index contributed by atoms with van der Waals surface area (Å²) in [6, 6.07) is 2.34. The van der Waals surface area contributed by atoms with E-state index in [2.05, 4.69) is 10.3 Å². The summed E-state index contributed by atoms with van der Waals surface area (Å²) < 4.78 is 38.2. The van der Waals surface area contributed by atoms with Crippen LogP contribution in [0, 0.1) is 11.8 Å². The first kappa shape index (κ1) is 17.7. The van der Waals surface area contributed by atoms with Gasteiger partial charge in [0.15, 0.2) is 0 Å². The minimum atomic E-state index is -4.56. The maximum atomic E-state index is 12.7. The Labute approximate surface area is 143 Å². The SMILES string of the molecule is CC(=O)NC1CC(C2CCN(C(=O)c3ccnc(C(F)(F)F)c3)C2)C1. The Hall–Kier alpha value is -2.12. The third kappa shape index (κ3) is 3.93. The van der Waals surface area contributed by atoms with Crippen LogP contribution in [0.3, 0.4) is 0 Å². The highest BCUT2D eigenvalue weighted by Gasteiger charge is 2.40. The second-order valence-electron chi connectivity index (χ2n) is 6.86. The average molecular weight is 355 g/mol. The zero-order valence-electron chi connectivity index (χ0n) is 13.8. The summed E-state index contributed by atoms with van der Waals surface area (Å²) in [7, 11) is 0. The summed E-state index contributed by atoms with van der Waals surface area (Å²) in [5.41, 5.74) is -1.03. The number of hydrogen-bond donors (Lipinski definition) is 1. The molecule has 2 heterocycles. The number of aromatic nitrogens is 1. The van der Waals surface area contributed by atoms with Gasteiger partial charge in [0.05, 0.1) is 0 Å². The fraction of sp³-hybridized carbons (Fsp3) is 0.588. The molecule has 1 saturated carbocycles. The van der Waals surface area contributed by atoms with Gasteiger partial charge in [0.2, 0.25) is 5.91 Å². The van der Waals surface area contributed by atoms with Gasteiger partial charge in [-0.25, -0.2) is 0 Å². The molecule has 1 unspecified atom stereocenters. The molecule has 1 aromatic heterocycles. The van der Waals surface area contributed by atoms with Crippen LogP contribution in [-0.4, -0.2) is 40.8 Å². The van der Waals surface area contributed by atoms with Gasteiger partial charge in [0.1, 0.15) is 5.69 Å². The van der Waals surface area contributed by atoms with E-state index in [1.165, 1.54) is 13.0 Å². The Balaban J connectivity index is 1.58. The van der Waals surface area contributed by atoms with Gasteiger partial charge in [-0.3, -0.25) is 14.6 Å². The molecule has 5 nitrogen and oxygen atoms in total. The van der Waals surface area contributed by atoms with E-state index in [0.29, 0.717) is 24.9 Å². The van der Waals surface area contributed by atoms with Crippen LogP contribution in [0.25, 0.3) is 0 Å². The summed E-state index contributed by atoms with van der Waals surface area (Å²) in [5.74, 6) is 0.383. The van der Waals surface area contributed by atoms with Crippen LogP contribution in [-0.2, 0) is 11.0 Å². The lowest BCUT2D eigenvalue weighted by atomic mass is 9.72. The first-order valence-electron chi connectivity index (χ1n) is 8.33. The van der Waals surface area contributed by atoms with E-state index in [-0.39, 0.29) is 23.4 Å². The van der Waals surface area contributed by atoms with Crippen molar-refractivity contribution in [1.29, 1.82) is 0 Å². The fourth-order valence-corrected chi connectivity index (χ4v) is 3.71. The van der Waals surface area contributed by atoms with E-state index in [1.54, 1.807) is 4.90 Å². The van der Waals surface area contributed by atoms with E-state index in [0.717, 1.165) is 31.5 Å². The molecule has 0 radical (unpaired) electrons. The van der Waals surface area contributed by atoms with Gasteiger partial charge in [-0.1, -0.05) is 0 Å². The van der Waals surface area contributed by atoms with E-state index in [9.17, 15) is 22.8 Å². The highest BCUT2D eigenvalue weighted by atomic mass is 19.4. The first-order chi connectivity index (χ1) is 11.7. The Kier molecular flexibility index (Phi) is 4.71. The number of halogens is 3. The average Bonchev–Trinajstić information content (AvgIpc) is 2.98. The molecule has 0 aromatic carbocycles. The van der Waals surface area contributed by atoms with Crippen molar-refractivity contribution in [3.63, 3.8) is 0 Å². The van der Waals surface area contributed by atoms with Crippen molar-refractivity contribution in [3.8, 4) is 0 Å². The molecule has 2 amide bonds. The second kappa shape index (κ2) is 6.65. The van der Waals surface area contributed by atoms with Gasteiger partial charge in [-0.2, -0.15) is 13.2 Å². The predicted octanol–water partition coefficient (Wildman–Crippen LogP) is 2.48. The molecule has 136 valence electrons. The number of nitrogens with zero attached hydrogens (tertiary/aromatic N) is 2. The summed E-state index contributed by atoms with van der Waals surface area (Å²) in [6.07, 6.45) is -0.887. The Morgan fingerprint density at radius 2 is 2.00 bits per heavy atom. The van der Waals surface area contributed by atoms with Crippen LogP contribution in [0.5, 0.6) is 0 Å². The van der Waals surface area contributed by atoms with Crippen molar-refractivity contribution in [3.05, 3.63) is 29.6 Å². The standard InChI is InChI=1S/C17H20F3N3O2/c1-10(24)22-14-6-13(7-14)12-3-5-23(9-12)16(25)11-2-4-21-15(8-11)17(18,19)20/h2,4,8,12-14H,3,5-7,9H2,1H3,(H,22,24). The van der Waals surface area contributed by atoms with Crippen LogP contribution >= 0.6 is 0 Å². The lowest BCUT2D eigenvalue weighted by Gasteiger charge is -2.39. The van der Waals surface area contributed by atoms with E-state index < -0.39 is 11.9 Å². The van der Waals surface area contributed by atoms with E-state index in [4.69, 9.17) is 0 Å². The summed E-state index contributed by atoms with van der Waals surface area (Å²) in [5, 5.41) is 2.88. The molecular weight excluding hydrogens is 335 g/mol. The Morgan fingerprint density at radius 3 is 2.64 bits per heavy atom. The molecule has 1 saturated heterocycles. The van der Waals surface area contributed by atoms with Crippen molar-refractivity contribution >= 4 is 11.8 Å². The lowest BCUT2D eigenvalue weighted by Crippen LogP contribution is -2.46. The van der Waals surface area contributed by atoms with Crippen molar-refractivity contribution in [2.45, 2.75) is 38.4 Å². The van der Waals surface area contributed by atoms with Gasteiger partial charge >= 0.3 is 6.18 Å². The van der Waals surface area contributed by atoms with Gasteiger partial charge in [-0.05, 0) is 43.2 Å². The van der Waals surface area contributed by atoms with Crippen LogP contribution in [0.15, 0.2) is 18.3 Å². The third-order valence-corrected chi connectivity index (χ3v) is 5.06. The molecule has 1 N–H and O–H groups in total. The molecule has 25 heavy (non-hydrogen) atoms. The predicted molar refractivity (Wildman–Crippen MR) is 83.6 cm³/mol. The minimum absolute atomic E-state index is 0.0210. The van der Waals surface area contributed by atoms with Gasteiger partial charge in [0, 0.05) is 37.8 Å². The number of hydrogen-bond acceptors (Lipinski definition) is 3. The zero-order valence-corrected chi connectivity index (χ0v) is 13.8. The highest BCUT2D eigenvalue weighted by molar-refractivity contribution is 5.94.